The minimum Gasteiger partial charge on any atom is -0.369 e. The van der Waals surface area contributed by atoms with Gasteiger partial charge < -0.3 is 10.6 Å². The van der Waals surface area contributed by atoms with Crippen LogP contribution in [0.25, 0.3) is 0 Å². The molecule has 1 heterocycles. The molecule has 0 atom stereocenters. The number of rotatable bonds is 9. The molecule has 1 aromatic heterocycles. The van der Waals surface area contributed by atoms with E-state index in [1.807, 2.05) is 18.7 Å². The van der Waals surface area contributed by atoms with Crippen LogP contribution in [0.4, 0.5) is 11.6 Å². The molecule has 0 bridgehead atoms. The van der Waals surface area contributed by atoms with E-state index in [-0.39, 0.29) is 0 Å². The average Bonchev–Trinajstić information content (AvgIpc) is 2.38. The third-order valence-electron chi connectivity index (χ3n) is 2.59. The number of unbranched alkanes of at least 4 members (excludes halogenated alkanes) is 2. The van der Waals surface area contributed by atoms with Crippen LogP contribution in [0.3, 0.4) is 0 Å². The van der Waals surface area contributed by atoms with Crippen molar-refractivity contribution in [2.75, 3.05) is 35.7 Å². The summed E-state index contributed by atoms with van der Waals surface area (Å²) in [4.78, 5) is 4.41. The highest BCUT2D eigenvalue weighted by Gasteiger charge is 2.08. The summed E-state index contributed by atoms with van der Waals surface area (Å²) in [6.45, 7) is 3.67. The third-order valence-corrected chi connectivity index (χ3v) is 3.86. The monoisotopic (exact) mass is 321 g/mol. The van der Waals surface area contributed by atoms with Gasteiger partial charge in [0.1, 0.15) is 11.6 Å². The third kappa shape index (κ3) is 6.11. The number of halogens is 2. The van der Waals surface area contributed by atoms with Crippen LogP contribution in [0.1, 0.15) is 26.2 Å². The Bertz CT molecular complexity index is 388. The van der Waals surface area contributed by atoms with Gasteiger partial charge in [-0.1, -0.05) is 29.6 Å². The number of thioether (sulfide) groups is 1. The summed E-state index contributed by atoms with van der Waals surface area (Å²) >= 11 is 14.1. The molecule has 6 heteroatoms. The minimum atomic E-state index is 0.553. The maximum atomic E-state index is 6.12. The Hall–Kier alpha value is -0.320. The second-order valence-electron chi connectivity index (χ2n) is 4.16. The lowest BCUT2D eigenvalue weighted by atomic mass is 10.2. The molecule has 0 aliphatic heterocycles. The second-order valence-corrected chi connectivity index (χ2v) is 5.96. The number of nitrogens with zero attached hydrogens (tertiary/aromatic N) is 1. The second kappa shape index (κ2) is 9.56. The minimum absolute atomic E-state index is 0.553. The first-order valence-electron chi connectivity index (χ1n) is 6.51. The Kier molecular flexibility index (Phi) is 8.42. The molecule has 0 fully saturated rings. The van der Waals surface area contributed by atoms with E-state index in [0.29, 0.717) is 21.7 Å². The fraction of sp³-hybridized carbons (Fsp3) is 0.615. The van der Waals surface area contributed by atoms with E-state index in [1.54, 1.807) is 6.07 Å². The summed E-state index contributed by atoms with van der Waals surface area (Å²) in [6.07, 6.45) is 5.74. The van der Waals surface area contributed by atoms with Gasteiger partial charge in [0, 0.05) is 13.1 Å². The van der Waals surface area contributed by atoms with E-state index in [2.05, 4.69) is 21.9 Å². The van der Waals surface area contributed by atoms with E-state index >= 15 is 0 Å². The van der Waals surface area contributed by atoms with Crippen LogP contribution < -0.4 is 10.6 Å². The summed E-state index contributed by atoms with van der Waals surface area (Å²) in [6, 6.07) is 1.73. The Morgan fingerprint density at radius 1 is 1.11 bits per heavy atom. The van der Waals surface area contributed by atoms with Crippen LogP contribution in [0.2, 0.25) is 10.0 Å². The van der Waals surface area contributed by atoms with Crippen LogP contribution in [0, 0.1) is 0 Å². The van der Waals surface area contributed by atoms with Gasteiger partial charge in [0.15, 0.2) is 0 Å². The Morgan fingerprint density at radius 3 is 2.42 bits per heavy atom. The maximum Gasteiger partial charge on any atom is 0.147 e. The van der Waals surface area contributed by atoms with Crippen LogP contribution in [0.5, 0.6) is 0 Å². The topological polar surface area (TPSA) is 37.0 Å². The molecular formula is C13H21Cl2N3S. The smallest absolute Gasteiger partial charge is 0.147 e. The van der Waals surface area contributed by atoms with Crippen molar-refractivity contribution >= 4 is 46.6 Å². The van der Waals surface area contributed by atoms with E-state index < -0.39 is 0 Å². The predicted octanol–water partition coefficient (Wildman–Crippen LogP) is 4.77. The first kappa shape index (κ1) is 16.7. The van der Waals surface area contributed by atoms with Gasteiger partial charge in [0.25, 0.3) is 0 Å². The van der Waals surface area contributed by atoms with Gasteiger partial charge >= 0.3 is 0 Å². The molecule has 108 valence electrons. The highest BCUT2D eigenvalue weighted by atomic mass is 35.5. The summed E-state index contributed by atoms with van der Waals surface area (Å²) < 4.78 is 0. The van der Waals surface area contributed by atoms with Crippen LogP contribution in [-0.2, 0) is 0 Å². The standard InChI is InChI=1S/C13H21Cl2N3S/c1-3-16-12-10(14)9-11(15)13(18-12)17-7-5-4-6-8-19-2/h9H,3-8H2,1-2H3,(H2,16,17,18). The molecule has 0 aliphatic carbocycles. The molecule has 2 N–H and O–H groups in total. The van der Waals surface area contributed by atoms with Gasteiger partial charge in [0.05, 0.1) is 10.0 Å². The zero-order valence-electron chi connectivity index (χ0n) is 11.4. The van der Waals surface area contributed by atoms with Crippen LogP contribution in [-0.4, -0.2) is 30.1 Å². The first-order valence-corrected chi connectivity index (χ1v) is 8.66. The molecular weight excluding hydrogens is 301 g/mol. The number of aromatic nitrogens is 1. The molecule has 0 spiro atoms. The lowest BCUT2D eigenvalue weighted by Crippen LogP contribution is -2.07. The summed E-state index contributed by atoms with van der Waals surface area (Å²) in [5.41, 5.74) is 0. The number of pyridine rings is 1. The lowest BCUT2D eigenvalue weighted by Gasteiger charge is -2.11. The Morgan fingerprint density at radius 2 is 1.79 bits per heavy atom. The van der Waals surface area contributed by atoms with Crippen molar-refractivity contribution in [3.8, 4) is 0 Å². The molecule has 3 nitrogen and oxygen atoms in total. The zero-order valence-corrected chi connectivity index (χ0v) is 13.8. The van der Waals surface area contributed by atoms with Gasteiger partial charge in [-0.3, -0.25) is 0 Å². The van der Waals surface area contributed by atoms with Gasteiger partial charge in [-0.15, -0.1) is 0 Å². The van der Waals surface area contributed by atoms with Crippen molar-refractivity contribution in [2.45, 2.75) is 26.2 Å². The molecule has 0 aliphatic rings. The first-order chi connectivity index (χ1) is 9.19. The van der Waals surface area contributed by atoms with Gasteiger partial charge in [0.2, 0.25) is 0 Å². The highest BCUT2D eigenvalue weighted by Crippen LogP contribution is 2.29. The SMILES string of the molecule is CCNc1nc(NCCCCCSC)c(Cl)cc1Cl. The fourth-order valence-corrected chi connectivity index (χ4v) is 2.62. The molecule has 19 heavy (non-hydrogen) atoms. The van der Waals surface area contributed by atoms with E-state index in [4.69, 9.17) is 23.2 Å². The summed E-state index contributed by atoms with van der Waals surface area (Å²) in [7, 11) is 0. The summed E-state index contributed by atoms with van der Waals surface area (Å²) in [5.74, 6) is 2.61. The number of hydrogen-bond acceptors (Lipinski definition) is 4. The van der Waals surface area contributed by atoms with Crippen molar-refractivity contribution in [3.05, 3.63) is 16.1 Å². The normalized spacial score (nSPS) is 10.5. The fourth-order valence-electron chi connectivity index (χ4n) is 1.64. The lowest BCUT2D eigenvalue weighted by molar-refractivity contribution is 0.748. The average molecular weight is 322 g/mol. The largest absolute Gasteiger partial charge is 0.369 e. The zero-order chi connectivity index (χ0) is 14.1. The van der Waals surface area contributed by atoms with Gasteiger partial charge in [-0.25, -0.2) is 4.98 Å². The molecule has 0 unspecified atom stereocenters. The molecule has 0 radical (unpaired) electrons. The van der Waals surface area contributed by atoms with Crippen molar-refractivity contribution in [2.24, 2.45) is 0 Å². The Balaban J connectivity index is 2.46. The molecule has 0 saturated carbocycles. The van der Waals surface area contributed by atoms with E-state index in [1.165, 1.54) is 18.6 Å². The van der Waals surface area contributed by atoms with Crippen LogP contribution in [0.15, 0.2) is 6.07 Å². The quantitative estimate of drug-likeness (QED) is 0.642. The summed E-state index contributed by atoms with van der Waals surface area (Å²) in [5, 5.41) is 7.50. The van der Waals surface area contributed by atoms with Crippen LogP contribution >= 0.6 is 35.0 Å². The van der Waals surface area contributed by atoms with Gasteiger partial charge in [-0.05, 0) is 37.8 Å². The van der Waals surface area contributed by atoms with Crippen molar-refractivity contribution < 1.29 is 0 Å². The molecule has 0 aromatic carbocycles. The predicted molar refractivity (Wildman–Crippen MR) is 89.1 cm³/mol. The van der Waals surface area contributed by atoms with Crippen molar-refractivity contribution in [3.63, 3.8) is 0 Å². The molecule has 1 aromatic rings. The van der Waals surface area contributed by atoms with E-state index in [0.717, 1.165) is 19.5 Å². The molecule has 0 saturated heterocycles. The van der Waals surface area contributed by atoms with E-state index in [9.17, 15) is 0 Å². The Labute approximate surface area is 129 Å². The number of nitrogens with one attached hydrogen (secondary N) is 2. The molecule has 1 rings (SSSR count). The van der Waals surface area contributed by atoms with Crippen molar-refractivity contribution in [1.29, 1.82) is 0 Å². The highest BCUT2D eigenvalue weighted by molar-refractivity contribution is 7.98. The number of hydrogen-bond donors (Lipinski definition) is 2. The van der Waals surface area contributed by atoms with Crippen molar-refractivity contribution in [1.82, 2.24) is 4.98 Å². The van der Waals surface area contributed by atoms with Gasteiger partial charge in [-0.2, -0.15) is 11.8 Å². The number of anilines is 2. The molecule has 0 amide bonds. The maximum absolute atomic E-state index is 6.12.